The fourth-order valence-electron chi connectivity index (χ4n) is 2.62. The van der Waals surface area contributed by atoms with Crippen molar-refractivity contribution in [2.45, 2.75) is 19.3 Å². The lowest BCUT2D eigenvalue weighted by atomic mass is 9.73. The molecule has 1 aliphatic carbocycles. The second-order valence-electron chi connectivity index (χ2n) is 4.20. The van der Waals surface area contributed by atoms with E-state index in [1.165, 1.54) is 6.42 Å². The van der Waals surface area contributed by atoms with Gasteiger partial charge in [-0.15, -0.1) is 12.4 Å². The Hall–Kier alpha value is -0.280. The van der Waals surface area contributed by atoms with Crippen LogP contribution in [0.4, 0.5) is 0 Å². The number of primary amides is 1. The molecule has 2 unspecified atom stereocenters. The summed E-state index contributed by atoms with van der Waals surface area (Å²) in [5.74, 6) is 1.48. The van der Waals surface area contributed by atoms with E-state index in [-0.39, 0.29) is 24.2 Å². The molecule has 13 heavy (non-hydrogen) atoms. The maximum atomic E-state index is 11.0. The van der Waals surface area contributed by atoms with Gasteiger partial charge in [0.2, 0.25) is 5.91 Å². The summed E-state index contributed by atoms with van der Waals surface area (Å²) in [4.78, 5) is 11.0. The molecule has 0 radical (unpaired) electrons. The molecule has 2 bridgehead atoms. The Morgan fingerprint density at radius 2 is 1.69 bits per heavy atom. The van der Waals surface area contributed by atoms with Gasteiger partial charge in [0.05, 0.1) is 0 Å². The Balaban J connectivity index is 0.000000845. The van der Waals surface area contributed by atoms with Crippen LogP contribution >= 0.6 is 12.4 Å². The van der Waals surface area contributed by atoms with E-state index in [9.17, 15) is 4.79 Å². The quantitative estimate of drug-likeness (QED) is 0.655. The normalized spacial score (nSPS) is 37.7. The van der Waals surface area contributed by atoms with Crippen molar-refractivity contribution >= 4 is 18.3 Å². The van der Waals surface area contributed by atoms with Crippen molar-refractivity contribution in [2.24, 2.45) is 23.5 Å². The monoisotopic (exact) mass is 204 g/mol. The molecule has 2 fully saturated rings. The van der Waals surface area contributed by atoms with Gasteiger partial charge >= 0.3 is 0 Å². The Morgan fingerprint density at radius 1 is 1.15 bits per heavy atom. The van der Waals surface area contributed by atoms with Crippen LogP contribution in [0.5, 0.6) is 0 Å². The van der Waals surface area contributed by atoms with Crippen molar-refractivity contribution in [1.29, 1.82) is 0 Å². The number of rotatable bonds is 1. The topological polar surface area (TPSA) is 55.1 Å². The molecular weight excluding hydrogens is 188 g/mol. The number of halogens is 1. The Kier molecular flexibility index (Phi) is 3.56. The maximum absolute atomic E-state index is 11.0. The van der Waals surface area contributed by atoms with Gasteiger partial charge in [0.15, 0.2) is 0 Å². The van der Waals surface area contributed by atoms with Crippen LogP contribution in [-0.2, 0) is 4.79 Å². The molecule has 1 heterocycles. The van der Waals surface area contributed by atoms with Gasteiger partial charge in [-0.05, 0) is 44.2 Å². The summed E-state index contributed by atoms with van der Waals surface area (Å²) >= 11 is 0. The van der Waals surface area contributed by atoms with Crippen molar-refractivity contribution in [2.75, 3.05) is 13.1 Å². The average molecular weight is 205 g/mol. The van der Waals surface area contributed by atoms with E-state index in [0.717, 1.165) is 25.9 Å². The third-order valence-electron chi connectivity index (χ3n) is 3.17. The van der Waals surface area contributed by atoms with Crippen LogP contribution in [0.25, 0.3) is 0 Å². The summed E-state index contributed by atoms with van der Waals surface area (Å²) in [5.41, 5.74) is 5.31. The van der Waals surface area contributed by atoms with Crippen molar-refractivity contribution in [3.63, 3.8) is 0 Å². The van der Waals surface area contributed by atoms with E-state index in [2.05, 4.69) is 5.32 Å². The molecule has 0 aromatic heterocycles. The first-order valence-electron chi connectivity index (χ1n) is 4.75. The van der Waals surface area contributed by atoms with Crippen LogP contribution in [0.1, 0.15) is 19.3 Å². The smallest absolute Gasteiger partial charge is 0.220 e. The molecule has 3 nitrogen and oxygen atoms in total. The predicted molar refractivity (Wildman–Crippen MR) is 53.6 cm³/mol. The van der Waals surface area contributed by atoms with E-state index in [0.29, 0.717) is 11.8 Å². The third kappa shape index (κ3) is 2.35. The first-order valence-corrected chi connectivity index (χ1v) is 4.75. The van der Waals surface area contributed by atoms with Crippen molar-refractivity contribution in [1.82, 2.24) is 5.32 Å². The highest BCUT2D eigenvalue weighted by Gasteiger charge is 2.33. The zero-order valence-electron chi connectivity index (χ0n) is 7.66. The number of carbonyl (C=O) groups excluding carboxylic acids is 1. The van der Waals surface area contributed by atoms with Gasteiger partial charge < -0.3 is 11.1 Å². The lowest BCUT2D eigenvalue weighted by molar-refractivity contribution is -0.124. The van der Waals surface area contributed by atoms with Crippen LogP contribution < -0.4 is 11.1 Å². The minimum atomic E-state index is -0.0911. The number of piperidine rings is 1. The molecule has 2 aliphatic rings. The highest BCUT2D eigenvalue weighted by atomic mass is 35.5. The lowest BCUT2D eigenvalue weighted by Crippen LogP contribution is -2.44. The third-order valence-corrected chi connectivity index (χ3v) is 3.17. The van der Waals surface area contributed by atoms with Crippen molar-refractivity contribution in [3.8, 4) is 0 Å². The number of nitrogens with two attached hydrogens (primary N) is 1. The maximum Gasteiger partial charge on any atom is 0.220 e. The van der Waals surface area contributed by atoms with E-state index < -0.39 is 0 Å². The zero-order valence-corrected chi connectivity index (χ0v) is 8.48. The predicted octanol–water partition coefficient (Wildman–Crippen LogP) is 0.529. The van der Waals surface area contributed by atoms with Crippen LogP contribution in [0.15, 0.2) is 0 Å². The summed E-state index contributed by atoms with van der Waals surface area (Å²) in [6.07, 6.45) is 3.33. The van der Waals surface area contributed by atoms with Gasteiger partial charge in [-0.3, -0.25) is 4.79 Å². The number of hydrogen-bond acceptors (Lipinski definition) is 2. The van der Waals surface area contributed by atoms with Crippen LogP contribution in [0.2, 0.25) is 0 Å². The summed E-state index contributed by atoms with van der Waals surface area (Å²) in [6, 6.07) is 0. The Bertz CT molecular complexity index is 186. The standard InChI is InChI=1S/C9H16N2O.ClH/c10-9(12)8-2-6-1-7(3-8)5-11-4-6;/h6-8,11H,1-5H2,(H2,10,12);1H. The lowest BCUT2D eigenvalue weighted by Gasteiger charge is -2.38. The number of amides is 1. The molecule has 2 atom stereocenters. The number of nitrogens with one attached hydrogen (secondary N) is 1. The minimum Gasteiger partial charge on any atom is -0.369 e. The van der Waals surface area contributed by atoms with Gasteiger partial charge in [0.1, 0.15) is 0 Å². The van der Waals surface area contributed by atoms with E-state index in [4.69, 9.17) is 5.73 Å². The van der Waals surface area contributed by atoms with E-state index in [1.54, 1.807) is 0 Å². The van der Waals surface area contributed by atoms with Crippen LogP contribution in [0, 0.1) is 17.8 Å². The number of fused-ring (bicyclic) bond motifs is 2. The molecule has 1 aliphatic heterocycles. The van der Waals surface area contributed by atoms with Crippen molar-refractivity contribution in [3.05, 3.63) is 0 Å². The summed E-state index contributed by atoms with van der Waals surface area (Å²) in [6.45, 7) is 2.17. The highest BCUT2D eigenvalue weighted by molar-refractivity contribution is 5.85. The fourth-order valence-corrected chi connectivity index (χ4v) is 2.62. The summed E-state index contributed by atoms with van der Waals surface area (Å²) in [7, 11) is 0. The highest BCUT2D eigenvalue weighted by Crippen LogP contribution is 2.34. The molecule has 2 rings (SSSR count). The van der Waals surface area contributed by atoms with Gasteiger partial charge in [0, 0.05) is 5.92 Å². The molecule has 0 aromatic carbocycles. The first-order chi connectivity index (χ1) is 5.75. The van der Waals surface area contributed by atoms with Gasteiger partial charge in [-0.25, -0.2) is 0 Å². The minimum absolute atomic E-state index is 0. The van der Waals surface area contributed by atoms with Gasteiger partial charge in [0.25, 0.3) is 0 Å². The fraction of sp³-hybridized carbons (Fsp3) is 0.889. The molecule has 3 N–H and O–H groups in total. The Morgan fingerprint density at radius 3 is 2.15 bits per heavy atom. The zero-order chi connectivity index (χ0) is 8.55. The SMILES string of the molecule is Cl.NC(=O)C1CC2CNCC(C2)C1. The Labute approximate surface area is 84.9 Å². The second kappa shape index (κ2) is 4.29. The largest absolute Gasteiger partial charge is 0.369 e. The summed E-state index contributed by atoms with van der Waals surface area (Å²) in [5, 5.41) is 3.39. The van der Waals surface area contributed by atoms with E-state index >= 15 is 0 Å². The molecule has 1 amide bonds. The summed E-state index contributed by atoms with van der Waals surface area (Å²) < 4.78 is 0. The molecule has 0 aromatic rings. The molecule has 4 heteroatoms. The molecule has 1 saturated heterocycles. The van der Waals surface area contributed by atoms with E-state index in [1.807, 2.05) is 0 Å². The van der Waals surface area contributed by atoms with Gasteiger partial charge in [-0.2, -0.15) is 0 Å². The molecular formula is C9H17ClN2O. The van der Waals surface area contributed by atoms with Crippen molar-refractivity contribution < 1.29 is 4.79 Å². The number of hydrogen-bond donors (Lipinski definition) is 2. The van der Waals surface area contributed by atoms with Gasteiger partial charge in [-0.1, -0.05) is 0 Å². The molecule has 1 saturated carbocycles. The van der Waals surface area contributed by atoms with Crippen LogP contribution in [-0.4, -0.2) is 19.0 Å². The molecule has 0 spiro atoms. The average Bonchev–Trinajstić information content (AvgIpc) is 2.03. The number of carbonyl (C=O) groups is 1. The van der Waals surface area contributed by atoms with Crippen LogP contribution in [0.3, 0.4) is 0 Å². The first kappa shape index (κ1) is 10.8. The molecule has 76 valence electrons. The second-order valence-corrected chi connectivity index (χ2v) is 4.20.